The molecule has 19 heavy (non-hydrogen) atoms. The smallest absolute Gasteiger partial charge is 0.151 e. The lowest BCUT2D eigenvalue weighted by molar-refractivity contribution is 0.516. The summed E-state index contributed by atoms with van der Waals surface area (Å²) in [4.78, 5) is 4.26. The molecule has 102 valence electrons. The van der Waals surface area contributed by atoms with E-state index in [2.05, 4.69) is 10.4 Å². The summed E-state index contributed by atoms with van der Waals surface area (Å²) in [5.41, 5.74) is 4.27. The molecule has 2 rings (SSSR count). The molecule has 0 spiro atoms. The van der Waals surface area contributed by atoms with Crippen LogP contribution in [0.1, 0.15) is 18.5 Å². The number of hydrazine groups is 1. The SMILES string of the molecule is CC(C(NN)c1cccc2ncccc12)S(C)(=O)=O. The van der Waals surface area contributed by atoms with Crippen LogP contribution in [-0.2, 0) is 9.84 Å². The Morgan fingerprint density at radius 2 is 2.00 bits per heavy atom. The van der Waals surface area contributed by atoms with E-state index in [0.29, 0.717) is 0 Å². The van der Waals surface area contributed by atoms with Crippen LogP contribution in [0.5, 0.6) is 0 Å². The van der Waals surface area contributed by atoms with Crippen molar-refractivity contribution in [3.8, 4) is 0 Å². The second kappa shape index (κ2) is 5.24. The number of rotatable bonds is 4. The predicted octanol–water partition coefficient (Wildman–Crippen LogP) is 1.17. The number of nitrogens with zero attached hydrogens (tertiary/aromatic N) is 1. The molecule has 5 nitrogen and oxygen atoms in total. The molecule has 0 saturated carbocycles. The molecule has 1 heterocycles. The second-order valence-corrected chi connectivity index (χ2v) is 7.00. The lowest BCUT2D eigenvalue weighted by Crippen LogP contribution is -2.38. The maximum Gasteiger partial charge on any atom is 0.151 e. The van der Waals surface area contributed by atoms with E-state index in [1.54, 1.807) is 13.1 Å². The van der Waals surface area contributed by atoms with Crippen LogP contribution in [0.15, 0.2) is 36.5 Å². The van der Waals surface area contributed by atoms with Crippen molar-refractivity contribution in [2.45, 2.75) is 18.2 Å². The molecule has 1 aromatic heterocycles. The number of aromatic nitrogens is 1. The van der Waals surface area contributed by atoms with Crippen molar-refractivity contribution in [1.29, 1.82) is 0 Å². The second-order valence-electron chi connectivity index (χ2n) is 4.60. The largest absolute Gasteiger partial charge is 0.271 e. The number of nitrogens with one attached hydrogen (secondary N) is 1. The molecule has 0 bridgehead atoms. The molecule has 2 aromatic rings. The Morgan fingerprint density at radius 3 is 2.63 bits per heavy atom. The molecule has 0 radical (unpaired) electrons. The first-order chi connectivity index (χ1) is 8.95. The molecule has 0 aliphatic rings. The van der Waals surface area contributed by atoms with Gasteiger partial charge in [0.05, 0.1) is 16.8 Å². The Morgan fingerprint density at radius 1 is 1.26 bits per heavy atom. The number of hydrogen-bond acceptors (Lipinski definition) is 5. The van der Waals surface area contributed by atoms with Gasteiger partial charge in [0.1, 0.15) is 0 Å². The number of hydrogen-bond donors (Lipinski definition) is 2. The molecule has 0 aliphatic heterocycles. The summed E-state index contributed by atoms with van der Waals surface area (Å²) in [6.45, 7) is 1.65. The van der Waals surface area contributed by atoms with Crippen LogP contribution in [-0.4, -0.2) is 24.9 Å². The highest BCUT2D eigenvalue weighted by atomic mass is 32.2. The highest BCUT2D eigenvalue weighted by Gasteiger charge is 2.27. The van der Waals surface area contributed by atoms with E-state index in [-0.39, 0.29) is 0 Å². The summed E-state index contributed by atoms with van der Waals surface area (Å²) >= 11 is 0. The van der Waals surface area contributed by atoms with Crippen molar-refractivity contribution in [3.05, 3.63) is 42.1 Å². The van der Waals surface area contributed by atoms with Gasteiger partial charge in [-0.05, 0) is 24.6 Å². The Balaban J connectivity index is 2.59. The van der Waals surface area contributed by atoms with Gasteiger partial charge in [-0.1, -0.05) is 18.2 Å². The van der Waals surface area contributed by atoms with E-state index in [1.165, 1.54) is 6.26 Å². The van der Waals surface area contributed by atoms with Gasteiger partial charge < -0.3 is 0 Å². The number of pyridine rings is 1. The van der Waals surface area contributed by atoms with Crippen LogP contribution < -0.4 is 11.3 Å². The van der Waals surface area contributed by atoms with Crippen molar-refractivity contribution in [3.63, 3.8) is 0 Å². The summed E-state index contributed by atoms with van der Waals surface area (Å²) in [6.07, 6.45) is 2.92. The first kappa shape index (κ1) is 13.9. The Hall–Kier alpha value is -1.50. The van der Waals surface area contributed by atoms with E-state index < -0.39 is 21.1 Å². The molecule has 2 atom stereocenters. The van der Waals surface area contributed by atoms with Gasteiger partial charge in [0.15, 0.2) is 9.84 Å². The summed E-state index contributed by atoms with van der Waals surface area (Å²) in [5.74, 6) is 5.56. The predicted molar refractivity (Wildman–Crippen MR) is 76.1 cm³/mol. The number of benzene rings is 1. The maximum absolute atomic E-state index is 11.7. The van der Waals surface area contributed by atoms with Crippen molar-refractivity contribution >= 4 is 20.7 Å². The lowest BCUT2D eigenvalue weighted by atomic mass is 10.00. The third-order valence-electron chi connectivity index (χ3n) is 3.34. The summed E-state index contributed by atoms with van der Waals surface area (Å²) < 4.78 is 23.5. The van der Waals surface area contributed by atoms with Gasteiger partial charge in [0.25, 0.3) is 0 Å². The topological polar surface area (TPSA) is 85.1 Å². The Kier molecular flexibility index (Phi) is 3.84. The fraction of sp³-hybridized carbons (Fsp3) is 0.308. The molecule has 6 heteroatoms. The minimum atomic E-state index is -3.19. The molecular formula is C13H17N3O2S. The standard InChI is InChI=1S/C13H17N3O2S/c1-9(19(2,17)18)13(16-14)11-5-3-7-12-10(11)6-4-8-15-12/h3-9,13,16H,14H2,1-2H3. The van der Waals surface area contributed by atoms with E-state index in [4.69, 9.17) is 5.84 Å². The summed E-state index contributed by atoms with van der Waals surface area (Å²) in [6, 6.07) is 8.88. The number of fused-ring (bicyclic) bond motifs is 1. The Bertz CT molecular complexity index is 680. The van der Waals surface area contributed by atoms with Gasteiger partial charge in [-0.3, -0.25) is 16.3 Å². The van der Waals surface area contributed by atoms with Gasteiger partial charge in [-0.2, -0.15) is 0 Å². The third-order valence-corrected chi connectivity index (χ3v) is 4.96. The van der Waals surface area contributed by atoms with Crippen LogP contribution in [0.2, 0.25) is 0 Å². The summed E-state index contributed by atoms with van der Waals surface area (Å²) in [5, 5.41) is 0.284. The van der Waals surface area contributed by atoms with Gasteiger partial charge in [0, 0.05) is 17.8 Å². The molecule has 0 aliphatic carbocycles. The van der Waals surface area contributed by atoms with Crippen LogP contribution in [0.3, 0.4) is 0 Å². The van der Waals surface area contributed by atoms with E-state index >= 15 is 0 Å². The highest BCUT2D eigenvalue weighted by Crippen LogP contribution is 2.27. The molecular weight excluding hydrogens is 262 g/mol. The van der Waals surface area contributed by atoms with Gasteiger partial charge >= 0.3 is 0 Å². The van der Waals surface area contributed by atoms with Crippen molar-refractivity contribution in [2.75, 3.05) is 6.26 Å². The zero-order valence-electron chi connectivity index (χ0n) is 10.9. The average molecular weight is 279 g/mol. The van der Waals surface area contributed by atoms with Gasteiger partial charge in [0.2, 0.25) is 0 Å². The first-order valence-electron chi connectivity index (χ1n) is 5.94. The Labute approximate surface area is 112 Å². The normalized spacial score (nSPS) is 15.3. The third kappa shape index (κ3) is 2.75. The monoisotopic (exact) mass is 279 g/mol. The fourth-order valence-electron chi connectivity index (χ4n) is 2.12. The lowest BCUT2D eigenvalue weighted by Gasteiger charge is -2.23. The molecule has 0 amide bonds. The van der Waals surface area contributed by atoms with E-state index in [1.807, 2.05) is 30.3 Å². The van der Waals surface area contributed by atoms with Crippen molar-refractivity contribution in [1.82, 2.24) is 10.4 Å². The molecule has 1 aromatic carbocycles. The quantitative estimate of drug-likeness (QED) is 0.648. The van der Waals surface area contributed by atoms with Crippen LogP contribution >= 0.6 is 0 Å². The first-order valence-corrected chi connectivity index (χ1v) is 7.89. The molecule has 0 fully saturated rings. The molecule has 2 unspecified atom stereocenters. The van der Waals surface area contributed by atoms with Crippen molar-refractivity contribution in [2.24, 2.45) is 5.84 Å². The number of sulfone groups is 1. The van der Waals surface area contributed by atoms with Gasteiger partial charge in [-0.15, -0.1) is 0 Å². The zero-order chi connectivity index (χ0) is 14.0. The average Bonchev–Trinajstić information content (AvgIpc) is 2.38. The zero-order valence-corrected chi connectivity index (χ0v) is 11.7. The fourth-order valence-corrected chi connectivity index (χ4v) is 2.84. The van der Waals surface area contributed by atoms with E-state index in [0.717, 1.165) is 16.5 Å². The minimum Gasteiger partial charge on any atom is -0.271 e. The van der Waals surface area contributed by atoms with Crippen LogP contribution in [0, 0.1) is 0 Å². The molecule has 3 N–H and O–H groups in total. The van der Waals surface area contributed by atoms with E-state index in [9.17, 15) is 8.42 Å². The van der Waals surface area contributed by atoms with Crippen LogP contribution in [0.25, 0.3) is 10.9 Å². The molecule has 0 saturated heterocycles. The highest BCUT2D eigenvalue weighted by molar-refractivity contribution is 7.91. The maximum atomic E-state index is 11.7. The van der Waals surface area contributed by atoms with Crippen molar-refractivity contribution < 1.29 is 8.42 Å². The number of nitrogens with two attached hydrogens (primary N) is 1. The minimum absolute atomic E-state index is 0.470. The van der Waals surface area contributed by atoms with Gasteiger partial charge in [-0.25, -0.2) is 8.42 Å². The summed E-state index contributed by atoms with van der Waals surface area (Å²) in [7, 11) is -3.19. The van der Waals surface area contributed by atoms with Crippen LogP contribution in [0.4, 0.5) is 0 Å².